The Labute approximate surface area is 155 Å². The summed E-state index contributed by atoms with van der Waals surface area (Å²) >= 11 is 0. The summed E-state index contributed by atoms with van der Waals surface area (Å²) in [6.45, 7) is 5.77. The maximum absolute atomic E-state index is 11.8. The van der Waals surface area contributed by atoms with Crippen LogP contribution in [0.4, 0.5) is 11.6 Å². The van der Waals surface area contributed by atoms with Gasteiger partial charge < -0.3 is 16.6 Å². The lowest BCUT2D eigenvalue weighted by Gasteiger charge is -2.06. The minimum atomic E-state index is -1.37. The number of aliphatic hydroxyl groups is 1. The van der Waals surface area contributed by atoms with Crippen LogP contribution in [0.5, 0.6) is 0 Å². The number of rotatable bonds is 3. The number of hydrogen-bond donors (Lipinski definition) is 5. The lowest BCUT2D eigenvalue weighted by Crippen LogP contribution is -2.40. The molecule has 0 bridgehead atoms. The summed E-state index contributed by atoms with van der Waals surface area (Å²) in [7, 11) is -1.37. The molecule has 0 fully saturated rings. The van der Waals surface area contributed by atoms with E-state index in [0.29, 0.717) is 16.5 Å². The molecule has 9 nitrogen and oxygen atoms in total. The van der Waals surface area contributed by atoms with Crippen molar-refractivity contribution < 1.29 is 9.32 Å². The van der Waals surface area contributed by atoms with Crippen LogP contribution in [-0.2, 0) is 11.0 Å². The quantitative estimate of drug-likeness (QED) is 0.495. The van der Waals surface area contributed by atoms with Gasteiger partial charge in [0.25, 0.3) is 0 Å². The lowest BCUT2D eigenvalue weighted by molar-refractivity contribution is 0.143. The van der Waals surface area contributed by atoms with Gasteiger partial charge in [0, 0.05) is 18.1 Å². The topological polar surface area (TPSA) is 152 Å². The maximum atomic E-state index is 11.8. The maximum Gasteiger partial charge on any atom is 0.234 e. The summed E-state index contributed by atoms with van der Waals surface area (Å²) in [5.41, 5.74) is 14.7. The molecule has 3 rings (SSSR count). The number of hydrazone groups is 1. The van der Waals surface area contributed by atoms with Gasteiger partial charge in [0.05, 0.1) is 16.6 Å². The van der Waals surface area contributed by atoms with Crippen LogP contribution in [0.15, 0.2) is 52.7 Å². The van der Waals surface area contributed by atoms with Crippen molar-refractivity contribution in [3.8, 4) is 0 Å². The zero-order chi connectivity index (χ0) is 19.5. The van der Waals surface area contributed by atoms with Crippen molar-refractivity contribution in [2.45, 2.75) is 37.9 Å². The molecule has 0 radical (unpaired) electrons. The molecular formula is C16H25N7O2S. The summed E-state index contributed by atoms with van der Waals surface area (Å²) in [5, 5.41) is 12.5. The van der Waals surface area contributed by atoms with Crippen molar-refractivity contribution in [3.05, 3.63) is 42.7 Å². The van der Waals surface area contributed by atoms with Crippen molar-refractivity contribution >= 4 is 28.3 Å². The van der Waals surface area contributed by atoms with E-state index in [1.54, 1.807) is 49.6 Å². The minimum absolute atomic E-state index is 0.324. The standard InChI is InChI=1S/C10H10N4OS.C4H9N3O.C2H6/c11-8-2-4-9(5-3-8)16(15)14-10-12-6-1-7-13-10;1-2-3(5)4(8)7-6-2;1-2/h1-7H,11H2,(H,12,13,14);3-4,7-8H,5H2,1H3;1-2H3. The fourth-order valence-electron chi connectivity index (χ4n) is 1.64. The largest absolute Gasteiger partial charge is 0.399 e. The molecule has 26 heavy (non-hydrogen) atoms. The minimum Gasteiger partial charge on any atom is -0.399 e. The molecule has 3 unspecified atom stereocenters. The number of nitrogen functional groups attached to an aromatic ring is 1. The highest BCUT2D eigenvalue weighted by molar-refractivity contribution is 7.86. The summed E-state index contributed by atoms with van der Waals surface area (Å²) < 4.78 is 14.5. The molecule has 1 aromatic heterocycles. The van der Waals surface area contributed by atoms with E-state index in [1.165, 1.54) is 0 Å². The van der Waals surface area contributed by atoms with Gasteiger partial charge >= 0.3 is 0 Å². The Morgan fingerprint density at radius 3 is 2.19 bits per heavy atom. The van der Waals surface area contributed by atoms with Crippen LogP contribution < -0.4 is 21.6 Å². The highest BCUT2D eigenvalue weighted by atomic mass is 32.2. The van der Waals surface area contributed by atoms with E-state index in [4.69, 9.17) is 16.6 Å². The van der Waals surface area contributed by atoms with Crippen molar-refractivity contribution in [2.75, 3.05) is 10.5 Å². The van der Waals surface area contributed by atoms with Gasteiger partial charge in [-0.05, 0) is 37.3 Å². The number of nitrogens with two attached hydrogens (primary N) is 2. The summed E-state index contributed by atoms with van der Waals surface area (Å²) in [4.78, 5) is 8.47. The number of nitrogens with one attached hydrogen (secondary N) is 2. The summed E-state index contributed by atoms with van der Waals surface area (Å²) in [6.07, 6.45) is 2.47. The molecule has 0 saturated heterocycles. The molecule has 7 N–H and O–H groups in total. The molecule has 3 atom stereocenters. The number of hydrogen-bond acceptors (Lipinski definition) is 8. The van der Waals surface area contributed by atoms with E-state index in [-0.39, 0.29) is 6.04 Å². The molecule has 10 heteroatoms. The van der Waals surface area contributed by atoms with Crippen LogP contribution in [-0.4, -0.2) is 37.3 Å². The van der Waals surface area contributed by atoms with Crippen LogP contribution >= 0.6 is 0 Å². The predicted octanol–water partition coefficient (Wildman–Crippen LogP) is 0.831. The number of aliphatic hydroxyl groups excluding tert-OH is 1. The third kappa shape index (κ3) is 6.75. The fraction of sp³-hybridized carbons (Fsp3) is 0.312. The molecule has 142 valence electrons. The lowest BCUT2D eigenvalue weighted by atomic mass is 10.2. The number of aromatic nitrogens is 2. The first kappa shape index (κ1) is 21.5. The van der Waals surface area contributed by atoms with E-state index in [2.05, 4.69) is 25.2 Å². The molecule has 0 saturated carbocycles. The van der Waals surface area contributed by atoms with Crippen LogP contribution in [0.2, 0.25) is 0 Å². The molecule has 1 aliphatic rings. The average molecular weight is 379 g/mol. The van der Waals surface area contributed by atoms with Crippen LogP contribution in [0.25, 0.3) is 0 Å². The molecule has 0 amide bonds. The third-order valence-electron chi connectivity index (χ3n) is 3.04. The summed E-state index contributed by atoms with van der Waals surface area (Å²) in [5.74, 6) is 0.331. The SMILES string of the molecule is CC.CC1=NNC(O)C1N.Nc1ccc(S(=O)Nc2ncccn2)cc1. The first-order valence-electron chi connectivity index (χ1n) is 8.01. The molecule has 2 aromatic rings. The van der Waals surface area contributed by atoms with Crippen molar-refractivity contribution in [3.63, 3.8) is 0 Å². The van der Waals surface area contributed by atoms with E-state index in [1.807, 2.05) is 13.8 Å². The zero-order valence-electron chi connectivity index (χ0n) is 15.0. The molecule has 0 spiro atoms. The fourth-order valence-corrected chi connectivity index (χ4v) is 2.41. The van der Waals surface area contributed by atoms with Gasteiger partial charge in [0.2, 0.25) is 5.95 Å². The molecule has 2 heterocycles. The van der Waals surface area contributed by atoms with Crippen LogP contribution in [0, 0.1) is 0 Å². The number of benzene rings is 1. The Hall–Kier alpha value is -2.56. The molecule has 1 aromatic carbocycles. The Balaban J connectivity index is 0.000000284. The Bertz CT molecular complexity index is 710. The first-order chi connectivity index (χ1) is 12.5. The van der Waals surface area contributed by atoms with Gasteiger partial charge in [-0.15, -0.1) is 0 Å². The van der Waals surface area contributed by atoms with Crippen LogP contribution in [0.1, 0.15) is 20.8 Å². The normalized spacial score (nSPS) is 18.9. The third-order valence-corrected chi connectivity index (χ3v) is 4.11. The second-order valence-electron chi connectivity index (χ2n) is 4.87. The summed E-state index contributed by atoms with van der Waals surface area (Å²) in [6, 6.07) is 8.15. The van der Waals surface area contributed by atoms with Gasteiger partial charge in [-0.1, -0.05) is 13.8 Å². The Kier molecular flexibility index (Phi) is 9.20. The van der Waals surface area contributed by atoms with E-state index < -0.39 is 17.2 Å². The first-order valence-corrected chi connectivity index (χ1v) is 9.16. The molecule has 1 aliphatic heterocycles. The van der Waals surface area contributed by atoms with E-state index in [9.17, 15) is 4.21 Å². The number of anilines is 2. The van der Waals surface area contributed by atoms with Gasteiger partial charge in [-0.3, -0.25) is 10.1 Å². The molecule has 0 aliphatic carbocycles. The highest BCUT2D eigenvalue weighted by Crippen LogP contribution is 2.10. The average Bonchev–Trinajstić information content (AvgIpc) is 2.96. The van der Waals surface area contributed by atoms with E-state index in [0.717, 1.165) is 5.71 Å². The van der Waals surface area contributed by atoms with E-state index >= 15 is 0 Å². The predicted molar refractivity (Wildman–Crippen MR) is 104 cm³/mol. The Morgan fingerprint density at radius 1 is 1.19 bits per heavy atom. The molecular weight excluding hydrogens is 354 g/mol. The second kappa shape index (κ2) is 11.1. The van der Waals surface area contributed by atoms with Crippen LogP contribution in [0.3, 0.4) is 0 Å². The van der Waals surface area contributed by atoms with Crippen molar-refractivity contribution in [2.24, 2.45) is 10.8 Å². The van der Waals surface area contributed by atoms with Gasteiger partial charge in [-0.25, -0.2) is 14.2 Å². The number of nitrogens with zero attached hydrogens (tertiary/aromatic N) is 3. The van der Waals surface area contributed by atoms with Crippen molar-refractivity contribution in [1.82, 2.24) is 15.4 Å². The Morgan fingerprint density at radius 2 is 1.77 bits per heavy atom. The zero-order valence-corrected chi connectivity index (χ0v) is 15.8. The van der Waals surface area contributed by atoms with Gasteiger partial charge in [-0.2, -0.15) is 5.10 Å². The monoisotopic (exact) mass is 379 g/mol. The van der Waals surface area contributed by atoms with Gasteiger partial charge in [0.1, 0.15) is 0 Å². The highest BCUT2D eigenvalue weighted by Gasteiger charge is 2.21. The second-order valence-corrected chi connectivity index (χ2v) is 6.08. The smallest absolute Gasteiger partial charge is 0.234 e. The van der Waals surface area contributed by atoms with Gasteiger partial charge in [0.15, 0.2) is 17.2 Å². The van der Waals surface area contributed by atoms with Crippen molar-refractivity contribution in [1.29, 1.82) is 0 Å².